The molecule has 1 saturated carbocycles. The summed E-state index contributed by atoms with van der Waals surface area (Å²) in [6, 6.07) is 0. The van der Waals surface area contributed by atoms with E-state index in [2.05, 4.69) is 12.2 Å². The summed E-state index contributed by atoms with van der Waals surface area (Å²) >= 11 is 0. The van der Waals surface area contributed by atoms with Crippen LogP contribution in [0.4, 0.5) is 0 Å². The lowest BCUT2D eigenvalue weighted by molar-refractivity contribution is -0.140. The first-order valence-electron chi connectivity index (χ1n) is 5.66. The molecule has 1 heterocycles. The number of carbonyl (C=O) groups excluding carboxylic acids is 1. The minimum absolute atomic E-state index is 0.190. The Kier molecular flexibility index (Phi) is 2.52. The van der Waals surface area contributed by atoms with Crippen molar-refractivity contribution in [2.45, 2.75) is 38.1 Å². The van der Waals surface area contributed by atoms with Crippen molar-refractivity contribution in [2.24, 2.45) is 5.92 Å². The van der Waals surface area contributed by atoms with Crippen LogP contribution in [-0.4, -0.2) is 36.5 Å². The quantitative estimate of drug-likeness (QED) is 0.714. The Labute approximate surface area is 85.8 Å². The van der Waals surface area contributed by atoms with Gasteiger partial charge in [-0.2, -0.15) is 0 Å². The van der Waals surface area contributed by atoms with Crippen LogP contribution in [0.25, 0.3) is 0 Å². The molecule has 2 fully saturated rings. The van der Waals surface area contributed by atoms with Crippen LogP contribution in [0.15, 0.2) is 0 Å². The normalized spacial score (nSPS) is 30.1. The van der Waals surface area contributed by atoms with Gasteiger partial charge in [0.25, 0.3) is 0 Å². The summed E-state index contributed by atoms with van der Waals surface area (Å²) in [4.78, 5) is 14.2. The molecule has 0 radical (unpaired) electrons. The Hall–Kier alpha value is -0.570. The Balaban J connectivity index is 2.00. The molecule has 2 aliphatic rings. The summed E-state index contributed by atoms with van der Waals surface area (Å²) in [7, 11) is 1.91. The van der Waals surface area contributed by atoms with Crippen molar-refractivity contribution in [3.8, 4) is 0 Å². The van der Waals surface area contributed by atoms with Gasteiger partial charge in [-0.05, 0) is 38.6 Å². The van der Waals surface area contributed by atoms with E-state index in [1.54, 1.807) is 0 Å². The molecule has 1 amide bonds. The van der Waals surface area contributed by atoms with Crippen LogP contribution in [0.5, 0.6) is 0 Å². The standard InChI is InChI=1S/C11H20N2O/c1-9-4-7-13(8-9)10(14)11(12-2)5-3-6-11/h9,12H,3-8H2,1-2H3. The fourth-order valence-electron chi connectivity index (χ4n) is 2.52. The minimum atomic E-state index is -0.190. The maximum atomic E-state index is 12.2. The van der Waals surface area contributed by atoms with E-state index in [1.165, 1.54) is 12.8 Å². The lowest BCUT2D eigenvalue weighted by Gasteiger charge is -2.42. The molecule has 3 heteroatoms. The predicted octanol–water partition coefficient (Wildman–Crippen LogP) is 0.997. The third-order valence-corrected chi connectivity index (χ3v) is 3.81. The molecule has 3 nitrogen and oxygen atoms in total. The zero-order valence-electron chi connectivity index (χ0n) is 9.18. The summed E-state index contributed by atoms with van der Waals surface area (Å²) in [5.41, 5.74) is -0.190. The van der Waals surface area contributed by atoms with E-state index in [-0.39, 0.29) is 5.54 Å². The number of amides is 1. The van der Waals surface area contributed by atoms with Crippen LogP contribution in [0, 0.1) is 5.92 Å². The molecule has 14 heavy (non-hydrogen) atoms. The average Bonchev–Trinajstić information content (AvgIpc) is 2.50. The monoisotopic (exact) mass is 196 g/mol. The highest BCUT2D eigenvalue weighted by molar-refractivity contribution is 5.87. The van der Waals surface area contributed by atoms with E-state index in [9.17, 15) is 4.79 Å². The van der Waals surface area contributed by atoms with Crippen molar-refractivity contribution >= 4 is 5.91 Å². The van der Waals surface area contributed by atoms with E-state index in [0.29, 0.717) is 11.8 Å². The van der Waals surface area contributed by atoms with Gasteiger partial charge < -0.3 is 10.2 Å². The highest BCUT2D eigenvalue weighted by Gasteiger charge is 2.45. The molecule has 2 rings (SSSR count). The van der Waals surface area contributed by atoms with Crippen LogP contribution >= 0.6 is 0 Å². The van der Waals surface area contributed by atoms with Crippen molar-refractivity contribution in [2.75, 3.05) is 20.1 Å². The van der Waals surface area contributed by atoms with Gasteiger partial charge in [-0.3, -0.25) is 4.79 Å². The van der Waals surface area contributed by atoms with Crippen molar-refractivity contribution in [1.82, 2.24) is 10.2 Å². The van der Waals surface area contributed by atoms with Gasteiger partial charge in [-0.15, -0.1) is 0 Å². The van der Waals surface area contributed by atoms with E-state index >= 15 is 0 Å². The first-order chi connectivity index (χ1) is 6.68. The smallest absolute Gasteiger partial charge is 0.242 e. The molecule has 1 atom stereocenters. The fourth-order valence-corrected chi connectivity index (χ4v) is 2.52. The summed E-state index contributed by atoms with van der Waals surface area (Å²) in [5.74, 6) is 1.03. The van der Waals surface area contributed by atoms with Gasteiger partial charge in [0.1, 0.15) is 0 Å². The number of rotatable bonds is 2. The Bertz CT molecular complexity index is 230. The molecule has 1 N–H and O–H groups in total. The Morgan fingerprint density at radius 1 is 1.50 bits per heavy atom. The first-order valence-corrected chi connectivity index (χ1v) is 5.66. The largest absolute Gasteiger partial charge is 0.341 e. The zero-order valence-corrected chi connectivity index (χ0v) is 9.18. The molecule has 1 aliphatic carbocycles. The summed E-state index contributed by atoms with van der Waals surface area (Å²) in [6.07, 6.45) is 4.40. The van der Waals surface area contributed by atoms with Crippen LogP contribution in [0.2, 0.25) is 0 Å². The molecule has 1 aliphatic heterocycles. The van der Waals surface area contributed by atoms with Crippen molar-refractivity contribution < 1.29 is 4.79 Å². The van der Waals surface area contributed by atoms with Gasteiger partial charge >= 0.3 is 0 Å². The molecule has 0 aromatic heterocycles. The molecule has 1 unspecified atom stereocenters. The second kappa shape index (κ2) is 3.54. The summed E-state index contributed by atoms with van der Waals surface area (Å²) in [5, 5.41) is 3.22. The first kappa shape index (κ1) is 9.97. The van der Waals surface area contributed by atoms with E-state index in [1.807, 2.05) is 11.9 Å². The van der Waals surface area contributed by atoms with E-state index in [0.717, 1.165) is 25.9 Å². The number of hydrogen-bond donors (Lipinski definition) is 1. The van der Waals surface area contributed by atoms with Crippen LogP contribution in [0.1, 0.15) is 32.6 Å². The summed E-state index contributed by atoms with van der Waals surface area (Å²) in [6.45, 7) is 4.14. The van der Waals surface area contributed by atoms with Crippen molar-refractivity contribution in [3.05, 3.63) is 0 Å². The van der Waals surface area contributed by atoms with Gasteiger partial charge in [-0.1, -0.05) is 6.92 Å². The Morgan fingerprint density at radius 3 is 2.57 bits per heavy atom. The second-order valence-electron chi connectivity index (χ2n) is 4.83. The number of likely N-dealkylation sites (tertiary alicyclic amines) is 1. The molecule has 80 valence electrons. The SMILES string of the molecule is CNC1(C(=O)N2CCC(C)C2)CCC1. The third kappa shape index (κ3) is 1.44. The third-order valence-electron chi connectivity index (χ3n) is 3.81. The lowest BCUT2D eigenvalue weighted by Crippen LogP contribution is -2.60. The molecule has 0 bridgehead atoms. The molecule has 0 aromatic carbocycles. The molecular formula is C11H20N2O. The average molecular weight is 196 g/mol. The molecule has 1 saturated heterocycles. The number of hydrogen-bond acceptors (Lipinski definition) is 2. The summed E-state index contributed by atoms with van der Waals surface area (Å²) < 4.78 is 0. The van der Waals surface area contributed by atoms with Crippen LogP contribution in [0.3, 0.4) is 0 Å². The van der Waals surface area contributed by atoms with Crippen molar-refractivity contribution in [3.63, 3.8) is 0 Å². The second-order valence-corrected chi connectivity index (χ2v) is 4.83. The van der Waals surface area contributed by atoms with Gasteiger partial charge in [0.05, 0.1) is 5.54 Å². The topological polar surface area (TPSA) is 32.3 Å². The molecule has 0 spiro atoms. The lowest BCUT2D eigenvalue weighted by atomic mass is 9.76. The van der Waals surface area contributed by atoms with E-state index in [4.69, 9.17) is 0 Å². The van der Waals surface area contributed by atoms with Gasteiger partial charge in [-0.25, -0.2) is 0 Å². The van der Waals surface area contributed by atoms with Gasteiger partial charge in [0, 0.05) is 13.1 Å². The highest BCUT2D eigenvalue weighted by Crippen LogP contribution is 2.34. The van der Waals surface area contributed by atoms with Crippen LogP contribution < -0.4 is 5.32 Å². The van der Waals surface area contributed by atoms with Crippen LogP contribution in [-0.2, 0) is 4.79 Å². The Morgan fingerprint density at radius 2 is 2.21 bits per heavy atom. The predicted molar refractivity (Wildman–Crippen MR) is 56.0 cm³/mol. The van der Waals surface area contributed by atoms with Gasteiger partial charge in [0.15, 0.2) is 0 Å². The van der Waals surface area contributed by atoms with Gasteiger partial charge in [0.2, 0.25) is 5.91 Å². The maximum Gasteiger partial charge on any atom is 0.242 e. The number of carbonyl (C=O) groups is 1. The zero-order chi connectivity index (χ0) is 10.2. The number of nitrogens with zero attached hydrogens (tertiary/aromatic N) is 1. The molecular weight excluding hydrogens is 176 g/mol. The highest BCUT2D eigenvalue weighted by atomic mass is 16.2. The minimum Gasteiger partial charge on any atom is -0.341 e. The molecule has 0 aromatic rings. The van der Waals surface area contributed by atoms with Crippen molar-refractivity contribution in [1.29, 1.82) is 0 Å². The number of likely N-dealkylation sites (N-methyl/N-ethyl adjacent to an activating group) is 1. The van der Waals surface area contributed by atoms with E-state index < -0.39 is 0 Å². The number of nitrogens with one attached hydrogen (secondary N) is 1. The maximum absolute atomic E-state index is 12.2. The fraction of sp³-hybridized carbons (Fsp3) is 0.909.